The quantitative estimate of drug-likeness (QED) is 0.203. The lowest BCUT2D eigenvalue weighted by Crippen LogP contribution is -2.42. The van der Waals surface area contributed by atoms with Crippen LogP contribution in [0.2, 0.25) is 0 Å². The molecule has 0 saturated heterocycles. The van der Waals surface area contributed by atoms with Gasteiger partial charge in [-0.1, -0.05) is 25.0 Å². The van der Waals surface area contributed by atoms with E-state index in [1.165, 1.54) is 31.2 Å². The number of nitrogens with zero attached hydrogens (tertiary/aromatic N) is 2. The minimum absolute atomic E-state index is 0. The zero-order valence-electron chi connectivity index (χ0n) is 18.5. The van der Waals surface area contributed by atoms with Gasteiger partial charge in [0, 0.05) is 44.9 Å². The van der Waals surface area contributed by atoms with Crippen molar-refractivity contribution in [3.05, 3.63) is 29.3 Å². The predicted octanol–water partition coefficient (Wildman–Crippen LogP) is 3.57. The van der Waals surface area contributed by atoms with E-state index in [2.05, 4.69) is 52.7 Å². The number of likely N-dealkylation sites (N-methyl/N-ethyl adjacent to an activating group) is 1. The zero-order chi connectivity index (χ0) is 20.2. The number of hydrogen-bond donors (Lipinski definition) is 2. The van der Waals surface area contributed by atoms with Crippen LogP contribution in [-0.4, -0.2) is 63.9 Å². The Hall–Kier alpha value is -1.06. The Kier molecular flexibility index (Phi) is 13.3. The van der Waals surface area contributed by atoms with Crippen molar-refractivity contribution in [2.24, 2.45) is 4.99 Å². The second-order valence-corrected chi connectivity index (χ2v) is 7.43. The molecule has 0 atom stereocenters. The summed E-state index contributed by atoms with van der Waals surface area (Å²) in [6.07, 6.45) is 5.42. The van der Waals surface area contributed by atoms with Crippen molar-refractivity contribution in [1.29, 1.82) is 0 Å². The maximum atomic E-state index is 5.92. The first kappa shape index (κ1) is 26.0. The number of hydrogen-bond acceptors (Lipinski definition) is 4. The Morgan fingerprint density at radius 3 is 2.66 bits per heavy atom. The summed E-state index contributed by atoms with van der Waals surface area (Å²) < 4.78 is 11.3. The van der Waals surface area contributed by atoms with Crippen LogP contribution in [0.4, 0.5) is 0 Å². The van der Waals surface area contributed by atoms with Crippen molar-refractivity contribution in [1.82, 2.24) is 15.5 Å². The lowest BCUT2D eigenvalue weighted by atomic mass is 10.1. The summed E-state index contributed by atoms with van der Waals surface area (Å²) in [4.78, 5) is 6.82. The van der Waals surface area contributed by atoms with Gasteiger partial charge in [0.05, 0.1) is 6.61 Å². The first-order valence-corrected chi connectivity index (χ1v) is 10.6. The van der Waals surface area contributed by atoms with E-state index in [0.717, 1.165) is 36.4 Å². The Bertz CT molecular complexity index is 606. The third kappa shape index (κ3) is 9.53. The lowest BCUT2D eigenvalue weighted by Gasteiger charge is -2.24. The Balaban J connectivity index is 0.00000420. The molecular weight excluding hydrogens is 479 g/mol. The van der Waals surface area contributed by atoms with Crippen molar-refractivity contribution >= 4 is 29.9 Å². The SMILES string of the molecule is CCOCCOc1cc(C)ccc1CNC(=NC)NCCN(C)C1CCCC1.I. The molecule has 166 valence electrons. The standard InChI is InChI=1S/C22H38N4O2.HI/c1-5-27-14-15-28-21-16-18(2)10-11-19(21)17-25-22(23-3)24-12-13-26(4)20-8-6-7-9-20;/h10-11,16,20H,5-9,12-15,17H2,1-4H3,(H2,23,24,25);1H. The number of halogens is 1. The van der Waals surface area contributed by atoms with Gasteiger partial charge in [-0.05, 0) is 45.4 Å². The highest BCUT2D eigenvalue weighted by molar-refractivity contribution is 14.0. The van der Waals surface area contributed by atoms with Gasteiger partial charge in [-0.2, -0.15) is 0 Å². The molecule has 1 saturated carbocycles. The summed E-state index contributed by atoms with van der Waals surface area (Å²) >= 11 is 0. The molecule has 0 radical (unpaired) electrons. The van der Waals surface area contributed by atoms with Gasteiger partial charge in [0.2, 0.25) is 0 Å². The van der Waals surface area contributed by atoms with Crippen LogP contribution in [0.1, 0.15) is 43.7 Å². The maximum absolute atomic E-state index is 5.92. The minimum Gasteiger partial charge on any atom is -0.491 e. The van der Waals surface area contributed by atoms with Gasteiger partial charge in [-0.3, -0.25) is 4.99 Å². The van der Waals surface area contributed by atoms with E-state index in [9.17, 15) is 0 Å². The molecule has 1 fully saturated rings. The first-order valence-electron chi connectivity index (χ1n) is 10.6. The summed E-state index contributed by atoms with van der Waals surface area (Å²) in [6.45, 7) is 8.53. The topological polar surface area (TPSA) is 58.1 Å². The average Bonchev–Trinajstić information content (AvgIpc) is 3.24. The van der Waals surface area contributed by atoms with Gasteiger partial charge in [-0.15, -0.1) is 24.0 Å². The van der Waals surface area contributed by atoms with Crippen LogP contribution in [0.3, 0.4) is 0 Å². The predicted molar refractivity (Wildman–Crippen MR) is 132 cm³/mol. The van der Waals surface area contributed by atoms with Crippen LogP contribution < -0.4 is 15.4 Å². The molecule has 0 unspecified atom stereocenters. The molecule has 0 aromatic heterocycles. The molecule has 1 aliphatic carbocycles. The van der Waals surface area contributed by atoms with E-state index in [1.807, 2.05) is 14.0 Å². The van der Waals surface area contributed by atoms with Crippen LogP contribution in [-0.2, 0) is 11.3 Å². The van der Waals surface area contributed by atoms with Crippen LogP contribution in [0.5, 0.6) is 5.75 Å². The van der Waals surface area contributed by atoms with E-state index >= 15 is 0 Å². The highest BCUT2D eigenvalue weighted by atomic mass is 127. The largest absolute Gasteiger partial charge is 0.491 e. The molecule has 1 aromatic rings. The van der Waals surface area contributed by atoms with Crippen LogP contribution >= 0.6 is 24.0 Å². The number of nitrogens with one attached hydrogen (secondary N) is 2. The molecule has 7 heteroatoms. The van der Waals surface area contributed by atoms with Gasteiger partial charge in [-0.25, -0.2) is 0 Å². The van der Waals surface area contributed by atoms with Gasteiger partial charge >= 0.3 is 0 Å². The molecule has 1 aromatic carbocycles. The van der Waals surface area contributed by atoms with Gasteiger partial charge in [0.1, 0.15) is 12.4 Å². The molecule has 6 nitrogen and oxygen atoms in total. The molecule has 29 heavy (non-hydrogen) atoms. The molecule has 0 heterocycles. The van der Waals surface area contributed by atoms with E-state index < -0.39 is 0 Å². The van der Waals surface area contributed by atoms with Gasteiger partial charge < -0.3 is 25.0 Å². The summed E-state index contributed by atoms with van der Waals surface area (Å²) in [7, 11) is 4.04. The van der Waals surface area contributed by atoms with E-state index in [4.69, 9.17) is 9.47 Å². The fourth-order valence-corrected chi connectivity index (χ4v) is 3.57. The minimum atomic E-state index is 0. The van der Waals surface area contributed by atoms with E-state index in [-0.39, 0.29) is 24.0 Å². The van der Waals surface area contributed by atoms with E-state index in [1.54, 1.807) is 0 Å². The number of aliphatic imine (C=N–C) groups is 1. The fourth-order valence-electron chi connectivity index (χ4n) is 3.57. The Morgan fingerprint density at radius 2 is 1.97 bits per heavy atom. The summed E-state index contributed by atoms with van der Waals surface area (Å²) in [5, 5.41) is 6.82. The third-order valence-electron chi connectivity index (χ3n) is 5.29. The number of benzene rings is 1. The number of aryl methyl sites for hydroxylation is 1. The number of ether oxygens (including phenoxy) is 2. The highest BCUT2D eigenvalue weighted by Crippen LogP contribution is 2.22. The molecule has 2 rings (SSSR count). The molecule has 0 aliphatic heterocycles. The fraction of sp³-hybridized carbons (Fsp3) is 0.682. The molecule has 0 spiro atoms. The number of rotatable bonds is 11. The number of guanidine groups is 1. The summed E-state index contributed by atoms with van der Waals surface area (Å²) in [6, 6.07) is 7.05. The summed E-state index contributed by atoms with van der Waals surface area (Å²) in [5.41, 5.74) is 2.31. The van der Waals surface area contributed by atoms with E-state index in [0.29, 0.717) is 26.4 Å². The second kappa shape index (κ2) is 14.8. The normalized spacial score (nSPS) is 14.7. The average molecular weight is 518 g/mol. The van der Waals surface area contributed by atoms with Crippen molar-refractivity contribution in [2.45, 2.75) is 52.1 Å². The molecule has 1 aliphatic rings. The second-order valence-electron chi connectivity index (χ2n) is 7.43. The maximum Gasteiger partial charge on any atom is 0.191 e. The van der Waals surface area contributed by atoms with Crippen molar-refractivity contribution < 1.29 is 9.47 Å². The lowest BCUT2D eigenvalue weighted by molar-refractivity contribution is 0.110. The molecule has 2 N–H and O–H groups in total. The zero-order valence-corrected chi connectivity index (χ0v) is 20.8. The van der Waals surface area contributed by atoms with Crippen molar-refractivity contribution in [3.63, 3.8) is 0 Å². The smallest absolute Gasteiger partial charge is 0.191 e. The van der Waals surface area contributed by atoms with Crippen LogP contribution in [0.25, 0.3) is 0 Å². The van der Waals surface area contributed by atoms with Crippen molar-refractivity contribution in [3.8, 4) is 5.75 Å². The summed E-state index contributed by atoms with van der Waals surface area (Å²) in [5.74, 6) is 1.73. The van der Waals surface area contributed by atoms with Gasteiger partial charge in [0.25, 0.3) is 0 Å². The molecular formula is C22H39IN4O2. The van der Waals surface area contributed by atoms with Gasteiger partial charge in [0.15, 0.2) is 5.96 Å². The highest BCUT2D eigenvalue weighted by Gasteiger charge is 2.18. The molecule has 0 bridgehead atoms. The Labute approximate surface area is 193 Å². The third-order valence-corrected chi connectivity index (χ3v) is 5.29. The Morgan fingerprint density at radius 1 is 1.21 bits per heavy atom. The van der Waals surface area contributed by atoms with Crippen LogP contribution in [0, 0.1) is 6.92 Å². The monoisotopic (exact) mass is 518 g/mol. The van der Waals surface area contributed by atoms with Crippen LogP contribution in [0.15, 0.2) is 23.2 Å². The first-order chi connectivity index (χ1) is 13.6. The molecule has 0 amide bonds. The van der Waals surface area contributed by atoms with Crippen molar-refractivity contribution in [2.75, 3.05) is 47.0 Å².